The van der Waals surface area contributed by atoms with Crippen LogP contribution in [0.1, 0.15) is 34.2 Å². The van der Waals surface area contributed by atoms with E-state index in [0.717, 1.165) is 12.0 Å². The van der Waals surface area contributed by atoms with Crippen LogP contribution < -0.4 is 5.73 Å². The van der Waals surface area contributed by atoms with Crippen LogP contribution in [0.3, 0.4) is 0 Å². The van der Waals surface area contributed by atoms with Crippen LogP contribution in [-0.2, 0) is 6.42 Å². The molecule has 2 heteroatoms. The maximum atomic E-state index is 6.34. The zero-order valence-corrected chi connectivity index (χ0v) is 9.93. The molecule has 0 spiro atoms. The van der Waals surface area contributed by atoms with E-state index in [2.05, 4.69) is 42.2 Å². The first kappa shape index (κ1) is 10.5. The number of aromatic nitrogens is 1. The van der Waals surface area contributed by atoms with Crippen LogP contribution in [-0.4, -0.2) is 4.98 Å². The Morgan fingerprint density at radius 2 is 2.12 bits per heavy atom. The van der Waals surface area contributed by atoms with E-state index in [1.807, 2.05) is 12.4 Å². The van der Waals surface area contributed by atoms with Gasteiger partial charge in [0.2, 0.25) is 0 Å². The number of pyridine rings is 1. The Kier molecular flexibility index (Phi) is 2.45. The molecule has 1 aliphatic rings. The average molecular weight is 224 g/mol. The van der Waals surface area contributed by atoms with Gasteiger partial charge in [-0.2, -0.15) is 0 Å². The summed E-state index contributed by atoms with van der Waals surface area (Å²) >= 11 is 0. The highest BCUT2D eigenvalue weighted by atomic mass is 14.7. The topological polar surface area (TPSA) is 38.9 Å². The van der Waals surface area contributed by atoms with E-state index < -0.39 is 0 Å². The standard InChI is InChI=1S/C15H16N2/c1-10-6-12(9-17-8-10)15(16)14-7-11-4-2-3-5-13(11)14/h2-6,8-9,14-15H,7,16H2,1H3. The molecule has 17 heavy (non-hydrogen) atoms. The minimum Gasteiger partial charge on any atom is -0.323 e. The minimum absolute atomic E-state index is 0.0669. The quantitative estimate of drug-likeness (QED) is 0.851. The van der Waals surface area contributed by atoms with E-state index in [0.29, 0.717) is 5.92 Å². The van der Waals surface area contributed by atoms with E-state index >= 15 is 0 Å². The van der Waals surface area contributed by atoms with Gasteiger partial charge in [-0.1, -0.05) is 30.3 Å². The van der Waals surface area contributed by atoms with Crippen LogP contribution in [0, 0.1) is 6.92 Å². The molecule has 0 amide bonds. The van der Waals surface area contributed by atoms with Gasteiger partial charge < -0.3 is 5.73 Å². The summed E-state index contributed by atoms with van der Waals surface area (Å²) in [7, 11) is 0. The molecule has 1 aliphatic carbocycles. The molecule has 2 N–H and O–H groups in total. The molecule has 0 radical (unpaired) electrons. The number of hydrogen-bond acceptors (Lipinski definition) is 2. The molecular weight excluding hydrogens is 208 g/mol. The fourth-order valence-electron chi connectivity index (χ4n) is 2.61. The van der Waals surface area contributed by atoms with Gasteiger partial charge in [-0.05, 0) is 35.6 Å². The maximum Gasteiger partial charge on any atom is 0.0383 e. The molecule has 2 unspecified atom stereocenters. The van der Waals surface area contributed by atoms with Gasteiger partial charge in [0.05, 0.1) is 0 Å². The third-order valence-corrected chi connectivity index (χ3v) is 3.61. The van der Waals surface area contributed by atoms with Crippen molar-refractivity contribution in [3.63, 3.8) is 0 Å². The molecule has 3 rings (SSSR count). The fraction of sp³-hybridized carbons (Fsp3) is 0.267. The summed E-state index contributed by atoms with van der Waals surface area (Å²) in [5, 5.41) is 0. The third kappa shape index (κ3) is 1.75. The Hall–Kier alpha value is -1.67. The Morgan fingerprint density at radius 1 is 1.29 bits per heavy atom. The van der Waals surface area contributed by atoms with Gasteiger partial charge in [0, 0.05) is 24.4 Å². The number of benzene rings is 1. The molecule has 2 aromatic rings. The molecule has 0 saturated heterocycles. The lowest BCUT2D eigenvalue weighted by Gasteiger charge is -2.34. The van der Waals surface area contributed by atoms with Crippen molar-refractivity contribution >= 4 is 0 Å². The normalized spacial score (nSPS) is 19.3. The highest BCUT2D eigenvalue weighted by Gasteiger charge is 2.31. The van der Waals surface area contributed by atoms with Crippen molar-refractivity contribution in [2.45, 2.75) is 25.3 Å². The second-order valence-corrected chi connectivity index (χ2v) is 4.83. The first-order chi connectivity index (χ1) is 8.25. The molecule has 86 valence electrons. The van der Waals surface area contributed by atoms with E-state index in [4.69, 9.17) is 5.73 Å². The number of hydrogen-bond donors (Lipinski definition) is 1. The maximum absolute atomic E-state index is 6.34. The molecule has 0 bridgehead atoms. The van der Waals surface area contributed by atoms with Crippen molar-refractivity contribution in [1.29, 1.82) is 0 Å². The van der Waals surface area contributed by atoms with Crippen molar-refractivity contribution in [1.82, 2.24) is 4.98 Å². The molecule has 2 nitrogen and oxygen atoms in total. The van der Waals surface area contributed by atoms with Crippen molar-refractivity contribution in [3.8, 4) is 0 Å². The van der Waals surface area contributed by atoms with Gasteiger partial charge in [0.15, 0.2) is 0 Å². The highest BCUT2D eigenvalue weighted by Crippen LogP contribution is 2.42. The molecule has 1 aromatic carbocycles. The summed E-state index contributed by atoms with van der Waals surface area (Å²) in [5.41, 5.74) is 11.5. The Balaban J connectivity index is 1.88. The molecule has 1 aromatic heterocycles. The Labute approximate surface area is 102 Å². The van der Waals surface area contributed by atoms with Gasteiger partial charge in [-0.3, -0.25) is 4.98 Å². The first-order valence-corrected chi connectivity index (χ1v) is 6.00. The SMILES string of the molecule is Cc1cncc(C(N)C2Cc3ccccc32)c1. The number of nitrogens with zero attached hydrogens (tertiary/aromatic N) is 1. The molecule has 0 saturated carbocycles. The monoisotopic (exact) mass is 224 g/mol. The lowest BCUT2D eigenvalue weighted by molar-refractivity contribution is 0.499. The average Bonchev–Trinajstić information content (AvgIpc) is 2.30. The smallest absolute Gasteiger partial charge is 0.0383 e. The van der Waals surface area contributed by atoms with Gasteiger partial charge in [-0.15, -0.1) is 0 Å². The summed E-state index contributed by atoms with van der Waals surface area (Å²) < 4.78 is 0. The van der Waals surface area contributed by atoms with Gasteiger partial charge in [0.1, 0.15) is 0 Å². The predicted molar refractivity (Wildman–Crippen MR) is 68.8 cm³/mol. The molecular formula is C15H16N2. The molecule has 0 aliphatic heterocycles. The lowest BCUT2D eigenvalue weighted by atomic mass is 9.72. The number of aryl methyl sites for hydroxylation is 1. The summed E-state index contributed by atoms with van der Waals surface area (Å²) in [6.07, 6.45) is 4.84. The summed E-state index contributed by atoms with van der Waals surface area (Å²) in [5.74, 6) is 0.454. The van der Waals surface area contributed by atoms with Crippen molar-refractivity contribution in [3.05, 3.63) is 65.0 Å². The Bertz CT molecular complexity index is 548. The lowest BCUT2D eigenvalue weighted by Crippen LogP contribution is -2.29. The van der Waals surface area contributed by atoms with E-state index in [-0.39, 0.29) is 6.04 Å². The second-order valence-electron chi connectivity index (χ2n) is 4.83. The van der Waals surface area contributed by atoms with E-state index in [1.54, 1.807) is 0 Å². The van der Waals surface area contributed by atoms with Gasteiger partial charge in [-0.25, -0.2) is 0 Å². The molecule has 2 atom stereocenters. The van der Waals surface area contributed by atoms with Crippen LogP contribution in [0.5, 0.6) is 0 Å². The summed E-state index contributed by atoms with van der Waals surface area (Å²) in [6.45, 7) is 2.05. The highest BCUT2D eigenvalue weighted by molar-refractivity contribution is 5.42. The van der Waals surface area contributed by atoms with Crippen LogP contribution in [0.2, 0.25) is 0 Å². The first-order valence-electron chi connectivity index (χ1n) is 6.00. The van der Waals surface area contributed by atoms with Crippen molar-refractivity contribution < 1.29 is 0 Å². The molecule has 0 fully saturated rings. The Morgan fingerprint density at radius 3 is 2.88 bits per heavy atom. The largest absolute Gasteiger partial charge is 0.323 e. The van der Waals surface area contributed by atoms with Crippen LogP contribution in [0.4, 0.5) is 0 Å². The van der Waals surface area contributed by atoms with Crippen LogP contribution >= 0.6 is 0 Å². The zero-order chi connectivity index (χ0) is 11.8. The van der Waals surface area contributed by atoms with Crippen LogP contribution in [0.25, 0.3) is 0 Å². The summed E-state index contributed by atoms with van der Waals surface area (Å²) in [6, 6.07) is 10.8. The van der Waals surface area contributed by atoms with Crippen LogP contribution in [0.15, 0.2) is 42.7 Å². The second kappa shape index (κ2) is 3.97. The van der Waals surface area contributed by atoms with Crippen molar-refractivity contribution in [2.24, 2.45) is 5.73 Å². The number of rotatable bonds is 2. The minimum atomic E-state index is 0.0669. The fourth-order valence-corrected chi connectivity index (χ4v) is 2.61. The van der Waals surface area contributed by atoms with Gasteiger partial charge >= 0.3 is 0 Å². The van der Waals surface area contributed by atoms with Gasteiger partial charge in [0.25, 0.3) is 0 Å². The predicted octanol–water partition coefficient (Wildman–Crippen LogP) is 2.73. The van der Waals surface area contributed by atoms with E-state index in [1.165, 1.54) is 16.7 Å². The van der Waals surface area contributed by atoms with Crippen molar-refractivity contribution in [2.75, 3.05) is 0 Å². The number of nitrogens with two attached hydrogens (primary N) is 1. The summed E-state index contributed by atoms with van der Waals surface area (Å²) in [4.78, 5) is 4.22. The number of fused-ring (bicyclic) bond motifs is 1. The van der Waals surface area contributed by atoms with E-state index in [9.17, 15) is 0 Å². The third-order valence-electron chi connectivity index (χ3n) is 3.61. The zero-order valence-electron chi connectivity index (χ0n) is 9.93. The molecule has 1 heterocycles.